The highest BCUT2D eigenvalue weighted by atomic mass is 35.5. The van der Waals surface area contributed by atoms with Crippen LogP contribution in [0.4, 0.5) is 0 Å². The molecule has 6 heteroatoms. The Morgan fingerprint density at radius 2 is 2.00 bits per heavy atom. The minimum Gasteiger partial charge on any atom is -0.493 e. The number of hydrogen-bond acceptors (Lipinski definition) is 4. The van der Waals surface area contributed by atoms with E-state index in [0.29, 0.717) is 12.6 Å². The number of methoxy groups -OCH3 is 1. The van der Waals surface area contributed by atoms with Crippen molar-refractivity contribution in [2.24, 2.45) is 0 Å². The van der Waals surface area contributed by atoms with Crippen molar-refractivity contribution in [3.63, 3.8) is 0 Å². The van der Waals surface area contributed by atoms with E-state index in [0.717, 1.165) is 31.1 Å². The molecule has 0 saturated carbocycles. The number of ether oxygens (including phenoxy) is 2. The molecule has 1 N–H and O–H groups in total. The Bertz CT molecular complexity index is 447. The standard InChI is InChI=1S/C17H28N2O2.2ClH/c1-4-19-10-6-7-15(19)13-18-12-14-8-9-16(20-3)17(11-14)21-5-2;;/h8-9,11,15,18H,4-7,10,12-13H2,1-3H3;2*1H. The minimum atomic E-state index is 0. The Morgan fingerprint density at radius 1 is 1.22 bits per heavy atom. The highest BCUT2D eigenvalue weighted by Gasteiger charge is 2.22. The van der Waals surface area contributed by atoms with Gasteiger partial charge in [0.2, 0.25) is 0 Å². The fourth-order valence-corrected chi connectivity index (χ4v) is 3.03. The highest BCUT2D eigenvalue weighted by molar-refractivity contribution is 5.85. The molecule has 23 heavy (non-hydrogen) atoms. The van der Waals surface area contributed by atoms with Crippen molar-refractivity contribution >= 4 is 24.8 Å². The summed E-state index contributed by atoms with van der Waals surface area (Å²) in [4.78, 5) is 2.56. The first-order valence-electron chi connectivity index (χ1n) is 8.03. The maximum atomic E-state index is 5.62. The number of halogens is 2. The molecule has 0 radical (unpaired) electrons. The third-order valence-electron chi connectivity index (χ3n) is 4.14. The normalized spacial score (nSPS) is 17.3. The van der Waals surface area contributed by atoms with Gasteiger partial charge in [0.05, 0.1) is 13.7 Å². The van der Waals surface area contributed by atoms with Crippen molar-refractivity contribution in [2.75, 3.05) is 33.4 Å². The minimum absolute atomic E-state index is 0. The summed E-state index contributed by atoms with van der Waals surface area (Å²) in [6.45, 7) is 9.23. The van der Waals surface area contributed by atoms with Gasteiger partial charge in [-0.15, -0.1) is 24.8 Å². The summed E-state index contributed by atoms with van der Waals surface area (Å²) in [6.07, 6.45) is 2.64. The number of likely N-dealkylation sites (tertiary alicyclic amines) is 1. The molecule has 0 amide bonds. The molecular weight excluding hydrogens is 335 g/mol. The maximum absolute atomic E-state index is 5.62. The van der Waals surface area contributed by atoms with E-state index in [2.05, 4.69) is 29.3 Å². The van der Waals surface area contributed by atoms with Crippen LogP contribution in [0.1, 0.15) is 32.3 Å². The van der Waals surface area contributed by atoms with E-state index in [-0.39, 0.29) is 24.8 Å². The molecule has 1 saturated heterocycles. The van der Waals surface area contributed by atoms with Crippen LogP contribution < -0.4 is 14.8 Å². The average molecular weight is 365 g/mol. The van der Waals surface area contributed by atoms with Gasteiger partial charge >= 0.3 is 0 Å². The second kappa shape index (κ2) is 11.8. The number of hydrogen-bond donors (Lipinski definition) is 1. The van der Waals surface area contributed by atoms with Crippen LogP contribution in [0.15, 0.2) is 18.2 Å². The zero-order valence-corrected chi connectivity index (χ0v) is 16.0. The Hall–Kier alpha value is -0.680. The predicted octanol–water partition coefficient (Wildman–Crippen LogP) is 3.51. The SMILES string of the molecule is CCOc1cc(CNCC2CCCN2CC)ccc1OC.Cl.Cl. The smallest absolute Gasteiger partial charge is 0.161 e. The molecule has 0 bridgehead atoms. The maximum Gasteiger partial charge on any atom is 0.161 e. The van der Waals surface area contributed by atoms with Gasteiger partial charge in [0, 0.05) is 19.1 Å². The van der Waals surface area contributed by atoms with Gasteiger partial charge < -0.3 is 14.8 Å². The number of likely N-dealkylation sites (N-methyl/N-ethyl adjacent to an activating group) is 1. The van der Waals surface area contributed by atoms with E-state index in [1.807, 2.05) is 13.0 Å². The molecule has 1 aromatic rings. The van der Waals surface area contributed by atoms with Gasteiger partial charge in [-0.05, 0) is 50.6 Å². The number of nitrogens with zero attached hydrogens (tertiary/aromatic N) is 1. The Morgan fingerprint density at radius 3 is 2.65 bits per heavy atom. The van der Waals surface area contributed by atoms with Gasteiger partial charge in [-0.25, -0.2) is 0 Å². The summed E-state index contributed by atoms with van der Waals surface area (Å²) in [6, 6.07) is 6.84. The lowest BCUT2D eigenvalue weighted by molar-refractivity contribution is 0.260. The number of nitrogens with one attached hydrogen (secondary N) is 1. The summed E-state index contributed by atoms with van der Waals surface area (Å²) in [7, 11) is 1.68. The lowest BCUT2D eigenvalue weighted by atomic mass is 10.2. The lowest BCUT2D eigenvalue weighted by Gasteiger charge is -2.23. The van der Waals surface area contributed by atoms with Crippen LogP contribution in [-0.4, -0.2) is 44.3 Å². The monoisotopic (exact) mass is 364 g/mol. The summed E-state index contributed by atoms with van der Waals surface area (Å²) in [5, 5.41) is 3.58. The van der Waals surface area contributed by atoms with Crippen molar-refractivity contribution in [2.45, 2.75) is 39.3 Å². The van der Waals surface area contributed by atoms with E-state index in [9.17, 15) is 0 Å². The van der Waals surface area contributed by atoms with Crippen LogP contribution in [0, 0.1) is 0 Å². The summed E-state index contributed by atoms with van der Waals surface area (Å²) in [5.41, 5.74) is 1.24. The topological polar surface area (TPSA) is 33.7 Å². The molecule has 2 rings (SSSR count). The third-order valence-corrected chi connectivity index (χ3v) is 4.14. The Labute approximate surface area is 152 Å². The molecule has 1 aliphatic heterocycles. The fourth-order valence-electron chi connectivity index (χ4n) is 3.03. The number of benzene rings is 1. The van der Waals surface area contributed by atoms with Gasteiger partial charge in [-0.1, -0.05) is 13.0 Å². The van der Waals surface area contributed by atoms with Gasteiger partial charge in [-0.2, -0.15) is 0 Å². The lowest BCUT2D eigenvalue weighted by Crippen LogP contribution is -2.37. The largest absolute Gasteiger partial charge is 0.493 e. The van der Waals surface area contributed by atoms with Crippen LogP contribution >= 0.6 is 24.8 Å². The van der Waals surface area contributed by atoms with Crippen LogP contribution in [0.2, 0.25) is 0 Å². The Kier molecular flexibility index (Phi) is 11.4. The van der Waals surface area contributed by atoms with Gasteiger partial charge in [0.1, 0.15) is 0 Å². The first-order valence-corrected chi connectivity index (χ1v) is 8.03. The summed E-state index contributed by atoms with van der Waals surface area (Å²) < 4.78 is 10.9. The molecule has 1 atom stereocenters. The highest BCUT2D eigenvalue weighted by Crippen LogP contribution is 2.28. The van der Waals surface area contributed by atoms with Crippen molar-refractivity contribution in [3.8, 4) is 11.5 Å². The van der Waals surface area contributed by atoms with Crippen molar-refractivity contribution in [1.29, 1.82) is 0 Å². The first kappa shape index (κ1) is 22.3. The van der Waals surface area contributed by atoms with Crippen LogP contribution in [0.25, 0.3) is 0 Å². The second-order valence-corrected chi connectivity index (χ2v) is 5.47. The molecule has 0 aromatic heterocycles. The van der Waals surface area contributed by atoms with Gasteiger partial charge in [0.15, 0.2) is 11.5 Å². The van der Waals surface area contributed by atoms with Crippen LogP contribution in [-0.2, 0) is 6.54 Å². The first-order chi connectivity index (χ1) is 10.3. The zero-order chi connectivity index (χ0) is 15.1. The van der Waals surface area contributed by atoms with E-state index in [4.69, 9.17) is 9.47 Å². The molecule has 1 aromatic carbocycles. The summed E-state index contributed by atoms with van der Waals surface area (Å²) in [5.74, 6) is 1.63. The van der Waals surface area contributed by atoms with E-state index < -0.39 is 0 Å². The second-order valence-electron chi connectivity index (χ2n) is 5.47. The van der Waals surface area contributed by atoms with Gasteiger partial charge in [-0.3, -0.25) is 4.90 Å². The molecule has 0 aliphatic carbocycles. The van der Waals surface area contributed by atoms with E-state index in [1.165, 1.54) is 24.9 Å². The van der Waals surface area contributed by atoms with Crippen LogP contribution in [0.5, 0.6) is 11.5 Å². The molecule has 1 aliphatic rings. The Balaban J connectivity index is 0.00000242. The van der Waals surface area contributed by atoms with E-state index in [1.54, 1.807) is 7.11 Å². The molecular formula is C17H30Cl2N2O2. The molecule has 134 valence electrons. The van der Waals surface area contributed by atoms with Crippen molar-refractivity contribution < 1.29 is 9.47 Å². The molecule has 1 unspecified atom stereocenters. The predicted molar refractivity (Wildman–Crippen MR) is 101 cm³/mol. The molecule has 1 heterocycles. The molecule has 0 spiro atoms. The average Bonchev–Trinajstić information content (AvgIpc) is 2.95. The molecule has 4 nitrogen and oxygen atoms in total. The summed E-state index contributed by atoms with van der Waals surface area (Å²) >= 11 is 0. The third kappa shape index (κ3) is 6.38. The van der Waals surface area contributed by atoms with Crippen molar-refractivity contribution in [1.82, 2.24) is 10.2 Å². The zero-order valence-electron chi connectivity index (χ0n) is 14.3. The van der Waals surface area contributed by atoms with E-state index >= 15 is 0 Å². The van der Waals surface area contributed by atoms with Crippen LogP contribution in [0.3, 0.4) is 0 Å². The van der Waals surface area contributed by atoms with Crippen molar-refractivity contribution in [3.05, 3.63) is 23.8 Å². The number of rotatable bonds is 8. The van der Waals surface area contributed by atoms with Gasteiger partial charge in [0.25, 0.3) is 0 Å². The fraction of sp³-hybridized carbons (Fsp3) is 0.647. The molecule has 1 fully saturated rings. The quantitative estimate of drug-likeness (QED) is 0.765.